The molecular formula is C17H19N3O4S. The zero-order chi connectivity index (χ0) is 17.4. The predicted octanol–water partition coefficient (Wildman–Crippen LogP) is 2.15. The number of amides is 2. The minimum Gasteiger partial charge on any atom is -0.373 e. The molecule has 0 saturated carbocycles. The fraction of sp³-hybridized carbons (Fsp3) is 0.471. The van der Waals surface area contributed by atoms with Gasteiger partial charge in [0.15, 0.2) is 5.69 Å². The maximum atomic E-state index is 12.9. The molecule has 1 N–H and O–H groups in total. The van der Waals surface area contributed by atoms with Crippen molar-refractivity contribution < 1.29 is 18.8 Å². The van der Waals surface area contributed by atoms with Crippen molar-refractivity contribution in [3.8, 4) is 0 Å². The van der Waals surface area contributed by atoms with Gasteiger partial charge in [0, 0.05) is 37.1 Å². The lowest BCUT2D eigenvalue weighted by atomic mass is 10.1. The quantitative estimate of drug-likeness (QED) is 0.905. The summed E-state index contributed by atoms with van der Waals surface area (Å²) in [6, 6.07) is 3.85. The third-order valence-electron chi connectivity index (χ3n) is 4.64. The molecule has 0 bridgehead atoms. The lowest BCUT2D eigenvalue weighted by Gasteiger charge is -2.25. The van der Waals surface area contributed by atoms with E-state index < -0.39 is 0 Å². The van der Waals surface area contributed by atoms with Crippen molar-refractivity contribution in [1.82, 2.24) is 15.4 Å². The summed E-state index contributed by atoms with van der Waals surface area (Å²) in [6.07, 6.45) is 2.76. The topological polar surface area (TPSA) is 84.7 Å². The van der Waals surface area contributed by atoms with E-state index in [9.17, 15) is 9.59 Å². The molecule has 4 heterocycles. The number of carbonyl (C=O) groups excluding carboxylic acids is 2. The first kappa shape index (κ1) is 16.3. The standard InChI is InChI=1S/C17H19N3O4S/c1-18-16(21)15-10-9-20(7-6-11(10)24-19-15)17(22)14-5-4-13(25-14)12-3-2-8-23-12/h4-5,12H,2-3,6-9H2,1H3,(H,18,21). The average Bonchev–Trinajstić information content (AvgIpc) is 3.39. The first-order chi connectivity index (χ1) is 12.2. The fourth-order valence-corrected chi connectivity index (χ4v) is 4.34. The lowest BCUT2D eigenvalue weighted by molar-refractivity contribution is 0.0732. The highest BCUT2D eigenvalue weighted by Crippen LogP contribution is 2.34. The van der Waals surface area contributed by atoms with Gasteiger partial charge in [0.25, 0.3) is 11.8 Å². The third kappa shape index (κ3) is 2.96. The van der Waals surface area contributed by atoms with Gasteiger partial charge in [-0.15, -0.1) is 11.3 Å². The Bertz CT molecular complexity index is 807. The fourth-order valence-electron chi connectivity index (χ4n) is 3.28. The number of thiophene rings is 1. The zero-order valence-electron chi connectivity index (χ0n) is 13.9. The molecule has 25 heavy (non-hydrogen) atoms. The minimum absolute atomic E-state index is 0.0241. The Morgan fingerprint density at radius 2 is 2.28 bits per heavy atom. The van der Waals surface area contributed by atoms with E-state index in [1.54, 1.807) is 11.9 Å². The molecule has 8 heteroatoms. The monoisotopic (exact) mass is 361 g/mol. The van der Waals surface area contributed by atoms with Crippen LogP contribution in [0, 0.1) is 0 Å². The van der Waals surface area contributed by atoms with Crippen molar-refractivity contribution in [2.75, 3.05) is 20.2 Å². The molecule has 2 aromatic heterocycles. The van der Waals surface area contributed by atoms with Crippen LogP contribution in [0.25, 0.3) is 0 Å². The Labute approximate surface area is 148 Å². The molecule has 2 aliphatic heterocycles. The van der Waals surface area contributed by atoms with Crippen LogP contribution in [0.3, 0.4) is 0 Å². The van der Waals surface area contributed by atoms with Crippen molar-refractivity contribution in [3.05, 3.63) is 38.9 Å². The highest BCUT2D eigenvalue weighted by atomic mass is 32.1. The van der Waals surface area contributed by atoms with Gasteiger partial charge in [-0.25, -0.2) is 0 Å². The van der Waals surface area contributed by atoms with Crippen LogP contribution in [-0.4, -0.2) is 42.1 Å². The molecule has 2 amide bonds. The van der Waals surface area contributed by atoms with Gasteiger partial charge in [-0.1, -0.05) is 5.16 Å². The summed E-state index contributed by atoms with van der Waals surface area (Å²) in [7, 11) is 1.55. The Kier molecular flexibility index (Phi) is 4.30. The molecule has 4 rings (SSSR count). The second-order valence-corrected chi connectivity index (χ2v) is 7.31. The molecule has 2 aliphatic rings. The smallest absolute Gasteiger partial charge is 0.273 e. The maximum Gasteiger partial charge on any atom is 0.273 e. The maximum absolute atomic E-state index is 12.9. The van der Waals surface area contributed by atoms with Gasteiger partial charge in [0.2, 0.25) is 0 Å². The van der Waals surface area contributed by atoms with Crippen LogP contribution in [0.2, 0.25) is 0 Å². The number of rotatable bonds is 3. The summed E-state index contributed by atoms with van der Waals surface area (Å²) < 4.78 is 10.9. The second kappa shape index (κ2) is 6.61. The van der Waals surface area contributed by atoms with Crippen molar-refractivity contribution in [2.24, 2.45) is 0 Å². The molecule has 0 aromatic carbocycles. The normalized spacial score (nSPS) is 19.7. The van der Waals surface area contributed by atoms with Crippen LogP contribution >= 0.6 is 11.3 Å². The van der Waals surface area contributed by atoms with E-state index in [-0.39, 0.29) is 23.6 Å². The van der Waals surface area contributed by atoms with Gasteiger partial charge < -0.3 is 19.5 Å². The predicted molar refractivity (Wildman–Crippen MR) is 90.6 cm³/mol. The van der Waals surface area contributed by atoms with E-state index in [1.807, 2.05) is 12.1 Å². The van der Waals surface area contributed by atoms with Crippen LogP contribution in [0.15, 0.2) is 16.7 Å². The Hall–Kier alpha value is -2.19. The van der Waals surface area contributed by atoms with E-state index in [0.717, 1.165) is 24.3 Å². The second-order valence-electron chi connectivity index (χ2n) is 6.19. The Morgan fingerprint density at radius 1 is 1.40 bits per heavy atom. The molecule has 2 aromatic rings. The molecule has 0 aliphatic carbocycles. The van der Waals surface area contributed by atoms with E-state index in [1.165, 1.54) is 11.3 Å². The number of fused-ring (bicyclic) bond motifs is 1. The summed E-state index contributed by atoms with van der Waals surface area (Å²) >= 11 is 1.50. The van der Waals surface area contributed by atoms with Crippen molar-refractivity contribution >= 4 is 23.2 Å². The van der Waals surface area contributed by atoms with E-state index in [4.69, 9.17) is 9.26 Å². The van der Waals surface area contributed by atoms with Gasteiger partial charge in [-0.05, 0) is 25.0 Å². The van der Waals surface area contributed by atoms with Gasteiger partial charge in [0.1, 0.15) is 5.76 Å². The minimum atomic E-state index is -0.295. The van der Waals surface area contributed by atoms with Crippen molar-refractivity contribution in [3.63, 3.8) is 0 Å². The molecule has 1 unspecified atom stereocenters. The molecular weight excluding hydrogens is 342 g/mol. The SMILES string of the molecule is CNC(=O)c1noc2c1CN(C(=O)c1ccc(C3CCCO3)s1)CC2. The summed E-state index contributed by atoms with van der Waals surface area (Å²) in [6.45, 7) is 1.69. The number of nitrogens with one attached hydrogen (secondary N) is 1. The summed E-state index contributed by atoms with van der Waals surface area (Å²) in [5, 5.41) is 6.40. The first-order valence-corrected chi connectivity index (χ1v) is 9.19. The molecule has 1 fully saturated rings. The van der Waals surface area contributed by atoms with E-state index in [0.29, 0.717) is 35.7 Å². The Morgan fingerprint density at radius 3 is 3.04 bits per heavy atom. The summed E-state index contributed by atoms with van der Waals surface area (Å²) in [5.74, 6) is 0.369. The van der Waals surface area contributed by atoms with Crippen LogP contribution < -0.4 is 5.32 Å². The summed E-state index contributed by atoms with van der Waals surface area (Å²) in [4.78, 5) is 28.3. The Balaban J connectivity index is 1.52. The van der Waals surface area contributed by atoms with Crippen LogP contribution in [0.1, 0.15) is 55.3 Å². The van der Waals surface area contributed by atoms with E-state index >= 15 is 0 Å². The van der Waals surface area contributed by atoms with Gasteiger partial charge in [-0.3, -0.25) is 9.59 Å². The van der Waals surface area contributed by atoms with Crippen LogP contribution in [-0.2, 0) is 17.7 Å². The number of carbonyl (C=O) groups is 2. The van der Waals surface area contributed by atoms with Gasteiger partial charge in [0.05, 0.1) is 17.5 Å². The van der Waals surface area contributed by atoms with Gasteiger partial charge >= 0.3 is 0 Å². The molecule has 0 spiro atoms. The summed E-state index contributed by atoms with van der Waals surface area (Å²) in [5.41, 5.74) is 0.969. The first-order valence-electron chi connectivity index (χ1n) is 8.37. The van der Waals surface area contributed by atoms with Crippen molar-refractivity contribution in [1.29, 1.82) is 0 Å². The molecule has 1 atom stereocenters. The number of nitrogens with zero attached hydrogens (tertiary/aromatic N) is 2. The average molecular weight is 361 g/mol. The molecule has 132 valence electrons. The number of aromatic nitrogens is 1. The van der Waals surface area contributed by atoms with E-state index in [2.05, 4.69) is 10.5 Å². The number of ether oxygens (including phenoxy) is 1. The molecule has 7 nitrogen and oxygen atoms in total. The molecule has 1 saturated heterocycles. The third-order valence-corrected chi connectivity index (χ3v) is 5.81. The zero-order valence-corrected chi connectivity index (χ0v) is 14.7. The van der Waals surface area contributed by atoms with Crippen LogP contribution in [0.4, 0.5) is 0 Å². The number of hydrogen-bond acceptors (Lipinski definition) is 6. The number of hydrogen-bond donors (Lipinski definition) is 1. The van der Waals surface area contributed by atoms with Gasteiger partial charge in [-0.2, -0.15) is 0 Å². The van der Waals surface area contributed by atoms with Crippen LogP contribution in [0.5, 0.6) is 0 Å². The highest BCUT2D eigenvalue weighted by molar-refractivity contribution is 7.14. The lowest BCUT2D eigenvalue weighted by Crippen LogP contribution is -2.36. The highest BCUT2D eigenvalue weighted by Gasteiger charge is 2.30. The molecule has 0 radical (unpaired) electrons. The largest absolute Gasteiger partial charge is 0.373 e. The van der Waals surface area contributed by atoms with Crippen molar-refractivity contribution in [2.45, 2.75) is 31.9 Å².